The van der Waals surface area contributed by atoms with Crippen molar-refractivity contribution in [2.75, 3.05) is 39.8 Å². The van der Waals surface area contributed by atoms with E-state index in [0.717, 1.165) is 51.3 Å². The van der Waals surface area contributed by atoms with Gasteiger partial charge in [-0.1, -0.05) is 30.3 Å². The molecule has 1 N–H and O–H groups in total. The lowest BCUT2D eigenvalue weighted by Gasteiger charge is -2.34. The molecule has 4 rings (SSSR count). The third-order valence-electron chi connectivity index (χ3n) is 5.88. The third-order valence-corrected chi connectivity index (χ3v) is 5.88. The zero-order chi connectivity index (χ0) is 20.1. The highest BCUT2D eigenvalue weighted by molar-refractivity contribution is 5.83. The average Bonchev–Trinajstić information content (AvgIpc) is 3.20. The Morgan fingerprint density at radius 1 is 1.00 bits per heavy atom. The summed E-state index contributed by atoms with van der Waals surface area (Å²) >= 11 is 0. The van der Waals surface area contributed by atoms with Crippen LogP contribution in [-0.2, 0) is 17.6 Å². The van der Waals surface area contributed by atoms with Crippen LogP contribution in [0.25, 0.3) is 10.9 Å². The van der Waals surface area contributed by atoms with Crippen molar-refractivity contribution >= 4 is 16.8 Å². The average molecular weight is 392 g/mol. The van der Waals surface area contributed by atoms with E-state index in [9.17, 15) is 4.79 Å². The summed E-state index contributed by atoms with van der Waals surface area (Å²) in [6.45, 7) is 4.60. The number of ether oxygens (including phenoxy) is 1. The minimum Gasteiger partial charge on any atom is -0.497 e. The molecule has 0 bridgehead atoms. The fourth-order valence-electron chi connectivity index (χ4n) is 4.04. The Hall–Kier alpha value is -2.79. The van der Waals surface area contributed by atoms with E-state index in [2.05, 4.69) is 40.3 Å². The highest BCUT2D eigenvalue weighted by atomic mass is 16.5. The Kier molecular flexibility index (Phi) is 6.15. The van der Waals surface area contributed by atoms with Crippen LogP contribution in [0, 0.1) is 0 Å². The molecule has 1 amide bonds. The van der Waals surface area contributed by atoms with Gasteiger partial charge < -0.3 is 14.6 Å². The normalized spacial score (nSPS) is 15.0. The first-order chi connectivity index (χ1) is 14.2. The van der Waals surface area contributed by atoms with Crippen LogP contribution in [0.3, 0.4) is 0 Å². The molecule has 2 heterocycles. The maximum Gasteiger partial charge on any atom is 0.222 e. The fourth-order valence-corrected chi connectivity index (χ4v) is 4.04. The van der Waals surface area contributed by atoms with E-state index in [4.69, 9.17) is 4.74 Å². The molecule has 0 atom stereocenters. The number of carbonyl (C=O) groups is 1. The molecule has 2 aromatic carbocycles. The third kappa shape index (κ3) is 4.80. The Morgan fingerprint density at radius 2 is 1.76 bits per heavy atom. The van der Waals surface area contributed by atoms with E-state index >= 15 is 0 Å². The number of aryl methyl sites for hydroxylation is 1. The number of rotatable bonds is 7. The number of hydrogen-bond acceptors (Lipinski definition) is 3. The first kappa shape index (κ1) is 19.5. The van der Waals surface area contributed by atoms with Gasteiger partial charge in [0, 0.05) is 56.2 Å². The molecule has 0 spiro atoms. The minimum atomic E-state index is 0.261. The summed E-state index contributed by atoms with van der Waals surface area (Å²) in [7, 11) is 1.67. The molecule has 1 aliphatic rings. The van der Waals surface area contributed by atoms with Crippen molar-refractivity contribution in [3.05, 3.63) is 65.9 Å². The molecule has 29 heavy (non-hydrogen) atoms. The Bertz CT molecular complexity index is 940. The quantitative estimate of drug-likeness (QED) is 0.671. The van der Waals surface area contributed by atoms with Gasteiger partial charge in [0.15, 0.2) is 0 Å². The number of benzene rings is 2. The van der Waals surface area contributed by atoms with Crippen LogP contribution in [0.4, 0.5) is 0 Å². The number of methoxy groups -OCH3 is 1. The van der Waals surface area contributed by atoms with Gasteiger partial charge in [0.1, 0.15) is 5.75 Å². The first-order valence-corrected chi connectivity index (χ1v) is 10.4. The second-order valence-electron chi connectivity index (χ2n) is 7.68. The number of amides is 1. The minimum absolute atomic E-state index is 0.261. The maximum absolute atomic E-state index is 12.6. The van der Waals surface area contributed by atoms with E-state index in [1.165, 1.54) is 22.0 Å². The zero-order valence-electron chi connectivity index (χ0n) is 17.1. The number of nitrogens with one attached hydrogen (secondary N) is 1. The summed E-state index contributed by atoms with van der Waals surface area (Å²) in [6, 6.07) is 16.4. The Labute approximate surface area is 172 Å². The van der Waals surface area contributed by atoms with Crippen LogP contribution < -0.4 is 4.74 Å². The van der Waals surface area contributed by atoms with Gasteiger partial charge in [-0.15, -0.1) is 0 Å². The zero-order valence-corrected chi connectivity index (χ0v) is 17.1. The Morgan fingerprint density at radius 3 is 2.52 bits per heavy atom. The molecule has 5 heteroatoms. The predicted octanol–water partition coefficient (Wildman–Crippen LogP) is 3.50. The van der Waals surface area contributed by atoms with E-state index in [0.29, 0.717) is 6.42 Å². The summed E-state index contributed by atoms with van der Waals surface area (Å²) in [5.74, 6) is 1.11. The van der Waals surface area contributed by atoms with Gasteiger partial charge in [-0.25, -0.2) is 0 Å². The molecule has 0 radical (unpaired) electrons. The van der Waals surface area contributed by atoms with Crippen LogP contribution in [0.15, 0.2) is 54.7 Å². The van der Waals surface area contributed by atoms with Gasteiger partial charge in [0.05, 0.1) is 7.11 Å². The molecule has 0 aliphatic carbocycles. The van der Waals surface area contributed by atoms with Crippen molar-refractivity contribution in [1.82, 2.24) is 14.8 Å². The molecule has 3 aromatic rings. The number of carbonyl (C=O) groups excluding carboxylic acids is 1. The van der Waals surface area contributed by atoms with Crippen LogP contribution in [0.2, 0.25) is 0 Å². The number of hydrogen-bond donors (Lipinski definition) is 1. The molecule has 1 aromatic heterocycles. The number of nitrogens with zero attached hydrogens (tertiary/aromatic N) is 2. The highest BCUT2D eigenvalue weighted by Gasteiger charge is 2.20. The van der Waals surface area contributed by atoms with Crippen molar-refractivity contribution in [1.29, 1.82) is 0 Å². The van der Waals surface area contributed by atoms with Crippen LogP contribution >= 0.6 is 0 Å². The second-order valence-corrected chi connectivity index (χ2v) is 7.68. The number of para-hydroxylation sites is 1. The molecule has 0 saturated carbocycles. The lowest BCUT2D eigenvalue weighted by molar-refractivity contribution is -0.132. The van der Waals surface area contributed by atoms with Crippen molar-refractivity contribution in [3.8, 4) is 5.75 Å². The van der Waals surface area contributed by atoms with Gasteiger partial charge >= 0.3 is 0 Å². The van der Waals surface area contributed by atoms with Crippen molar-refractivity contribution < 1.29 is 9.53 Å². The smallest absolute Gasteiger partial charge is 0.222 e. The first-order valence-electron chi connectivity index (χ1n) is 10.4. The van der Waals surface area contributed by atoms with Gasteiger partial charge in [-0.05, 0) is 42.2 Å². The van der Waals surface area contributed by atoms with Crippen LogP contribution in [-0.4, -0.2) is 60.5 Å². The molecule has 152 valence electrons. The monoisotopic (exact) mass is 391 g/mol. The fraction of sp³-hybridized carbons (Fsp3) is 0.375. The summed E-state index contributed by atoms with van der Waals surface area (Å²) < 4.78 is 5.18. The molecule has 1 fully saturated rings. The lowest BCUT2D eigenvalue weighted by Crippen LogP contribution is -2.49. The molecule has 0 unspecified atom stereocenters. The Balaban J connectivity index is 1.21. The summed E-state index contributed by atoms with van der Waals surface area (Å²) in [5.41, 5.74) is 3.75. The van der Waals surface area contributed by atoms with Crippen LogP contribution in [0.5, 0.6) is 5.75 Å². The number of piperazine rings is 1. The lowest BCUT2D eigenvalue weighted by atomic mass is 10.1. The predicted molar refractivity (Wildman–Crippen MR) is 116 cm³/mol. The maximum atomic E-state index is 12.6. The van der Waals surface area contributed by atoms with Crippen molar-refractivity contribution in [2.24, 2.45) is 0 Å². The molecular weight excluding hydrogens is 362 g/mol. The number of H-pyrrole nitrogens is 1. The van der Waals surface area contributed by atoms with Gasteiger partial charge in [0.25, 0.3) is 0 Å². The highest BCUT2D eigenvalue weighted by Crippen LogP contribution is 2.19. The molecule has 1 aliphatic heterocycles. The largest absolute Gasteiger partial charge is 0.497 e. The molecule has 5 nitrogen and oxygen atoms in total. The summed E-state index contributed by atoms with van der Waals surface area (Å²) in [5, 5.41) is 1.32. The number of fused-ring (bicyclic) bond motifs is 1. The number of aromatic amines is 1. The van der Waals surface area contributed by atoms with E-state index in [1.807, 2.05) is 29.2 Å². The van der Waals surface area contributed by atoms with Crippen molar-refractivity contribution in [3.63, 3.8) is 0 Å². The van der Waals surface area contributed by atoms with Gasteiger partial charge in [-0.3, -0.25) is 9.69 Å². The van der Waals surface area contributed by atoms with Crippen molar-refractivity contribution in [2.45, 2.75) is 19.3 Å². The van der Waals surface area contributed by atoms with Crippen LogP contribution in [0.1, 0.15) is 17.5 Å². The topological polar surface area (TPSA) is 48.6 Å². The number of aromatic nitrogens is 1. The van der Waals surface area contributed by atoms with E-state index in [1.54, 1.807) is 7.11 Å². The molecule has 1 saturated heterocycles. The molecular formula is C24H29N3O2. The second kappa shape index (κ2) is 9.14. The van der Waals surface area contributed by atoms with Gasteiger partial charge in [0.2, 0.25) is 5.91 Å². The van der Waals surface area contributed by atoms with E-state index in [-0.39, 0.29) is 5.91 Å². The summed E-state index contributed by atoms with van der Waals surface area (Å²) in [6.07, 6.45) is 4.52. The van der Waals surface area contributed by atoms with E-state index < -0.39 is 0 Å². The summed E-state index contributed by atoms with van der Waals surface area (Å²) in [4.78, 5) is 20.4. The standard InChI is InChI=1S/C24H29N3O2/c1-29-21-9-6-19(7-10-21)8-11-24(28)27-16-14-26(15-17-27)13-12-20-18-25-23-5-3-2-4-22(20)23/h2-7,9-10,18,25H,8,11-17H2,1H3. The SMILES string of the molecule is COc1ccc(CCC(=O)N2CCN(CCc3c[nH]c4ccccc34)CC2)cc1. The van der Waals surface area contributed by atoms with Gasteiger partial charge in [-0.2, -0.15) is 0 Å².